The van der Waals surface area contributed by atoms with E-state index in [9.17, 15) is 0 Å². The van der Waals surface area contributed by atoms with E-state index in [1.165, 1.54) is 44.9 Å². The van der Waals surface area contributed by atoms with Gasteiger partial charge in [0.15, 0.2) is 0 Å². The highest BCUT2D eigenvalue weighted by molar-refractivity contribution is 7.80. The molecule has 1 heteroatoms. The molecule has 94 valence electrons. The fraction of sp³-hybridized carbons (Fsp3) is 0.867. The first-order valence-electron chi connectivity index (χ1n) is 7.04. The maximum absolute atomic E-state index is 4.61. The van der Waals surface area contributed by atoms with Crippen LogP contribution in [0.5, 0.6) is 0 Å². The molecule has 0 saturated carbocycles. The minimum absolute atomic E-state index is 0.614. The van der Waals surface area contributed by atoms with Crippen LogP contribution in [0.15, 0.2) is 11.6 Å². The van der Waals surface area contributed by atoms with Crippen molar-refractivity contribution in [3.05, 3.63) is 11.6 Å². The molecule has 0 N–H and O–H groups in total. The van der Waals surface area contributed by atoms with Crippen LogP contribution in [0.25, 0.3) is 0 Å². The van der Waals surface area contributed by atoms with E-state index >= 15 is 0 Å². The molecule has 0 radical (unpaired) electrons. The molecule has 1 aliphatic rings. The highest BCUT2D eigenvalue weighted by Gasteiger charge is 2.20. The van der Waals surface area contributed by atoms with E-state index in [1.54, 1.807) is 5.57 Å². The summed E-state index contributed by atoms with van der Waals surface area (Å²) in [7, 11) is 0. The monoisotopic (exact) mass is 240 g/mol. The normalized spacial score (nSPS) is 27.6. The molecule has 3 atom stereocenters. The number of allylic oxidation sites excluding steroid dienone is 2. The van der Waals surface area contributed by atoms with Gasteiger partial charge in [0, 0.05) is 5.25 Å². The van der Waals surface area contributed by atoms with Gasteiger partial charge < -0.3 is 0 Å². The molecule has 16 heavy (non-hydrogen) atoms. The van der Waals surface area contributed by atoms with Crippen LogP contribution in [-0.2, 0) is 0 Å². The maximum atomic E-state index is 4.61. The maximum Gasteiger partial charge on any atom is 0.00571 e. The van der Waals surface area contributed by atoms with Crippen LogP contribution < -0.4 is 0 Å². The molecular weight excluding hydrogens is 212 g/mol. The van der Waals surface area contributed by atoms with Crippen molar-refractivity contribution in [1.82, 2.24) is 0 Å². The first-order valence-corrected chi connectivity index (χ1v) is 7.55. The van der Waals surface area contributed by atoms with Gasteiger partial charge in [-0.1, -0.05) is 45.3 Å². The second kappa shape index (κ2) is 7.42. The van der Waals surface area contributed by atoms with Gasteiger partial charge in [0.05, 0.1) is 0 Å². The molecule has 0 aromatic rings. The summed E-state index contributed by atoms with van der Waals surface area (Å²) in [5.74, 6) is 1.73. The zero-order valence-electron chi connectivity index (χ0n) is 11.2. The zero-order valence-corrected chi connectivity index (χ0v) is 12.1. The Balaban J connectivity index is 2.34. The van der Waals surface area contributed by atoms with E-state index in [0.717, 1.165) is 11.8 Å². The molecule has 2 unspecified atom stereocenters. The van der Waals surface area contributed by atoms with Crippen LogP contribution in [0.2, 0.25) is 0 Å². The summed E-state index contributed by atoms with van der Waals surface area (Å²) in [4.78, 5) is 0. The van der Waals surface area contributed by atoms with Crippen molar-refractivity contribution >= 4 is 12.6 Å². The van der Waals surface area contributed by atoms with E-state index in [0.29, 0.717) is 5.25 Å². The Morgan fingerprint density at radius 1 is 1.44 bits per heavy atom. The second-order valence-electron chi connectivity index (χ2n) is 5.42. The van der Waals surface area contributed by atoms with Crippen LogP contribution in [0, 0.1) is 11.8 Å². The average Bonchev–Trinajstić information content (AvgIpc) is 2.30. The minimum Gasteiger partial charge on any atom is -0.176 e. The lowest BCUT2D eigenvalue weighted by Crippen LogP contribution is -2.15. The van der Waals surface area contributed by atoms with Crippen molar-refractivity contribution in [3.8, 4) is 0 Å². The Bertz CT molecular complexity index is 219. The largest absolute Gasteiger partial charge is 0.176 e. The van der Waals surface area contributed by atoms with Gasteiger partial charge in [0.25, 0.3) is 0 Å². The van der Waals surface area contributed by atoms with E-state index < -0.39 is 0 Å². The average molecular weight is 240 g/mol. The lowest BCUT2D eigenvalue weighted by Gasteiger charge is -2.27. The highest BCUT2D eigenvalue weighted by Crippen LogP contribution is 2.33. The summed E-state index contributed by atoms with van der Waals surface area (Å²) in [5.41, 5.74) is 1.73. The molecule has 1 rings (SSSR count). The van der Waals surface area contributed by atoms with Gasteiger partial charge >= 0.3 is 0 Å². The number of hydrogen-bond donors (Lipinski definition) is 1. The summed E-state index contributed by atoms with van der Waals surface area (Å²) >= 11 is 4.61. The van der Waals surface area contributed by atoms with E-state index in [1.807, 2.05) is 0 Å². The predicted octanol–water partition coefficient (Wildman–Crippen LogP) is 5.25. The molecule has 1 aliphatic carbocycles. The highest BCUT2D eigenvalue weighted by atomic mass is 32.1. The quantitative estimate of drug-likeness (QED) is 0.476. The standard InChI is InChI=1S/C15H28S/c1-4-12(3)7-6-8-14-9-10-15(16)11-13(14)5-2/h9,12-13,15-16H,4-8,10-11H2,1-3H3/t12?,13-,15?/m1/s1. The molecule has 0 spiro atoms. The van der Waals surface area contributed by atoms with Gasteiger partial charge in [-0.25, -0.2) is 0 Å². The van der Waals surface area contributed by atoms with E-state index in [4.69, 9.17) is 0 Å². The lowest BCUT2D eigenvalue weighted by atomic mass is 9.82. The van der Waals surface area contributed by atoms with E-state index in [-0.39, 0.29) is 0 Å². The Labute approximate surface area is 107 Å². The van der Waals surface area contributed by atoms with Crippen molar-refractivity contribution in [2.75, 3.05) is 0 Å². The molecular formula is C15H28S. The van der Waals surface area contributed by atoms with Crippen LogP contribution >= 0.6 is 12.6 Å². The Morgan fingerprint density at radius 3 is 2.81 bits per heavy atom. The number of hydrogen-bond acceptors (Lipinski definition) is 1. The lowest BCUT2D eigenvalue weighted by molar-refractivity contribution is 0.455. The summed E-state index contributed by atoms with van der Waals surface area (Å²) in [6, 6.07) is 0. The van der Waals surface area contributed by atoms with Crippen molar-refractivity contribution in [2.45, 2.75) is 71.0 Å². The number of rotatable bonds is 6. The first-order chi connectivity index (χ1) is 7.67. The summed E-state index contributed by atoms with van der Waals surface area (Å²) in [5, 5.41) is 0.614. The molecule has 0 aromatic heterocycles. The minimum atomic E-state index is 0.614. The third kappa shape index (κ3) is 4.53. The SMILES string of the molecule is CCC(C)CCCC1=CCC(S)C[C@H]1CC. The fourth-order valence-corrected chi connectivity index (χ4v) is 2.98. The van der Waals surface area contributed by atoms with Gasteiger partial charge in [-0.2, -0.15) is 12.6 Å². The molecule has 0 bridgehead atoms. The molecule has 0 fully saturated rings. The topological polar surface area (TPSA) is 0 Å². The van der Waals surface area contributed by atoms with Gasteiger partial charge in [-0.15, -0.1) is 0 Å². The molecule has 0 saturated heterocycles. The third-order valence-electron chi connectivity index (χ3n) is 4.09. The van der Waals surface area contributed by atoms with Crippen LogP contribution in [0.3, 0.4) is 0 Å². The number of thiol groups is 1. The van der Waals surface area contributed by atoms with Crippen LogP contribution in [-0.4, -0.2) is 5.25 Å². The molecule has 0 nitrogen and oxygen atoms in total. The summed E-state index contributed by atoms with van der Waals surface area (Å²) < 4.78 is 0. The molecule has 0 aromatic carbocycles. The van der Waals surface area contributed by atoms with Gasteiger partial charge in [0.2, 0.25) is 0 Å². The fourth-order valence-electron chi connectivity index (χ4n) is 2.62. The first kappa shape index (κ1) is 14.2. The Morgan fingerprint density at radius 2 is 2.19 bits per heavy atom. The van der Waals surface area contributed by atoms with Crippen molar-refractivity contribution in [2.24, 2.45) is 11.8 Å². The third-order valence-corrected chi connectivity index (χ3v) is 4.51. The van der Waals surface area contributed by atoms with Gasteiger partial charge in [-0.3, -0.25) is 0 Å². The zero-order chi connectivity index (χ0) is 12.0. The van der Waals surface area contributed by atoms with Crippen LogP contribution in [0.4, 0.5) is 0 Å². The molecule has 0 amide bonds. The Hall–Kier alpha value is 0.0900. The molecule has 0 heterocycles. The summed E-state index contributed by atoms with van der Waals surface area (Å²) in [6.07, 6.45) is 11.7. The van der Waals surface area contributed by atoms with Crippen molar-refractivity contribution in [3.63, 3.8) is 0 Å². The Kier molecular flexibility index (Phi) is 6.57. The van der Waals surface area contributed by atoms with Crippen molar-refractivity contribution in [1.29, 1.82) is 0 Å². The van der Waals surface area contributed by atoms with E-state index in [2.05, 4.69) is 39.5 Å². The summed E-state index contributed by atoms with van der Waals surface area (Å²) in [6.45, 7) is 6.99. The second-order valence-corrected chi connectivity index (χ2v) is 6.15. The predicted molar refractivity (Wildman–Crippen MR) is 77.2 cm³/mol. The smallest absolute Gasteiger partial charge is 0.00571 e. The van der Waals surface area contributed by atoms with Crippen molar-refractivity contribution < 1.29 is 0 Å². The van der Waals surface area contributed by atoms with Gasteiger partial charge in [0.1, 0.15) is 0 Å². The van der Waals surface area contributed by atoms with Crippen LogP contribution in [0.1, 0.15) is 65.7 Å². The molecule has 0 aliphatic heterocycles. The van der Waals surface area contributed by atoms with Gasteiger partial charge in [-0.05, 0) is 43.9 Å².